The monoisotopic (exact) mass is 322 g/mol. The lowest BCUT2D eigenvalue weighted by Crippen LogP contribution is -2.39. The van der Waals surface area contributed by atoms with Crippen LogP contribution in [0.2, 0.25) is 0 Å². The second-order valence-electron chi connectivity index (χ2n) is 5.72. The molecule has 0 aliphatic carbocycles. The Hall–Kier alpha value is -2.24. The molecule has 1 N–H and O–H groups in total. The van der Waals surface area contributed by atoms with Crippen LogP contribution < -0.4 is 14.8 Å². The van der Waals surface area contributed by atoms with Gasteiger partial charge in [0.05, 0.1) is 14.2 Å². The van der Waals surface area contributed by atoms with Gasteiger partial charge in [-0.05, 0) is 18.1 Å². The van der Waals surface area contributed by atoms with Gasteiger partial charge in [0, 0.05) is 38.2 Å². The summed E-state index contributed by atoms with van der Waals surface area (Å²) in [5.41, 5.74) is 0.458. The Morgan fingerprint density at radius 1 is 1.13 bits per heavy atom. The number of rotatable bonds is 8. The van der Waals surface area contributed by atoms with Crippen molar-refractivity contribution in [3.63, 3.8) is 0 Å². The molecule has 23 heavy (non-hydrogen) atoms. The molecule has 0 saturated carbocycles. The topological polar surface area (TPSA) is 67.9 Å². The van der Waals surface area contributed by atoms with E-state index < -0.39 is 0 Å². The van der Waals surface area contributed by atoms with E-state index in [0.717, 1.165) is 0 Å². The third kappa shape index (κ3) is 6.18. The van der Waals surface area contributed by atoms with Crippen molar-refractivity contribution in [3.8, 4) is 11.5 Å². The summed E-state index contributed by atoms with van der Waals surface area (Å²) in [6, 6.07) is 5.00. The van der Waals surface area contributed by atoms with Gasteiger partial charge in [-0.3, -0.25) is 9.59 Å². The van der Waals surface area contributed by atoms with E-state index in [-0.39, 0.29) is 11.8 Å². The highest BCUT2D eigenvalue weighted by Gasteiger charge is 2.13. The number of hydrogen-bond acceptors (Lipinski definition) is 4. The number of carbonyl (C=O) groups excluding carboxylic acids is 2. The van der Waals surface area contributed by atoms with Crippen molar-refractivity contribution in [2.45, 2.75) is 20.8 Å². The molecule has 1 rings (SSSR count). The number of hydrogen-bond donors (Lipinski definition) is 1. The molecule has 1 aromatic rings. The molecule has 0 radical (unpaired) electrons. The van der Waals surface area contributed by atoms with Crippen molar-refractivity contribution in [1.82, 2.24) is 10.2 Å². The van der Waals surface area contributed by atoms with Crippen molar-refractivity contribution in [2.75, 3.05) is 33.9 Å². The summed E-state index contributed by atoms with van der Waals surface area (Å²) in [4.78, 5) is 25.5. The third-order valence-electron chi connectivity index (χ3n) is 3.31. The van der Waals surface area contributed by atoms with Gasteiger partial charge in [0.25, 0.3) is 5.91 Å². The zero-order valence-electron chi connectivity index (χ0n) is 14.5. The predicted molar refractivity (Wildman–Crippen MR) is 89.0 cm³/mol. The molecule has 128 valence electrons. The Kier molecular flexibility index (Phi) is 7.38. The van der Waals surface area contributed by atoms with Gasteiger partial charge >= 0.3 is 0 Å². The molecule has 0 unspecified atom stereocenters. The lowest BCUT2D eigenvalue weighted by atomic mass is 10.2. The molecule has 1 aromatic carbocycles. The second-order valence-corrected chi connectivity index (χ2v) is 5.72. The first-order valence-corrected chi connectivity index (χ1v) is 7.64. The van der Waals surface area contributed by atoms with Gasteiger partial charge in [-0.2, -0.15) is 0 Å². The van der Waals surface area contributed by atoms with E-state index in [1.807, 2.05) is 0 Å². The minimum absolute atomic E-state index is 0.0102. The summed E-state index contributed by atoms with van der Waals surface area (Å²) >= 11 is 0. The van der Waals surface area contributed by atoms with Gasteiger partial charge in [0.2, 0.25) is 5.91 Å². The van der Waals surface area contributed by atoms with Crippen LogP contribution in [0.25, 0.3) is 0 Å². The summed E-state index contributed by atoms with van der Waals surface area (Å²) in [7, 11) is 3.07. The van der Waals surface area contributed by atoms with Crippen LogP contribution in [0.4, 0.5) is 0 Å². The molecule has 2 amide bonds. The van der Waals surface area contributed by atoms with Gasteiger partial charge in [-0.25, -0.2) is 0 Å². The Morgan fingerprint density at radius 2 is 1.70 bits per heavy atom. The minimum Gasteiger partial charge on any atom is -0.497 e. The maximum atomic E-state index is 12.2. The molecule has 0 aliphatic heterocycles. The van der Waals surface area contributed by atoms with Gasteiger partial charge in [-0.15, -0.1) is 0 Å². The summed E-state index contributed by atoms with van der Waals surface area (Å²) < 4.78 is 10.3. The molecule has 0 fully saturated rings. The maximum absolute atomic E-state index is 12.2. The van der Waals surface area contributed by atoms with Crippen molar-refractivity contribution in [3.05, 3.63) is 23.8 Å². The molecule has 0 bridgehead atoms. The highest BCUT2D eigenvalue weighted by Crippen LogP contribution is 2.22. The summed E-state index contributed by atoms with van der Waals surface area (Å²) in [5, 5.41) is 2.82. The zero-order valence-corrected chi connectivity index (χ0v) is 14.5. The second kappa shape index (κ2) is 9.02. The van der Waals surface area contributed by atoms with Crippen LogP contribution in [-0.2, 0) is 4.79 Å². The maximum Gasteiger partial charge on any atom is 0.251 e. The standard InChI is InChI=1S/C17H26N2O4/c1-12(2)11-19(13(3)20)7-6-18-17(21)14-8-15(22-4)10-16(9-14)23-5/h8-10,12H,6-7,11H2,1-5H3,(H,18,21). The van der Waals surface area contributed by atoms with Crippen LogP contribution in [0.1, 0.15) is 31.1 Å². The van der Waals surface area contributed by atoms with Gasteiger partial charge < -0.3 is 19.7 Å². The number of nitrogens with zero attached hydrogens (tertiary/aromatic N) is 1. The third-order valence-corrected chi connectivity index (χ3v) is 3.31. The molecule has 0 aliphatic rings. The Morgan fingerprint density at radius 3 is 2.13 bits per heavy atom. The normalized spacial score (nSPS) is 10.3. The van der Waals surface area contributed by atoms with E-state index in [0.29, 0.717) is 42.6 Å². The van der Waals surface area contributed by atoms with Gasteiger partial charge in [0.15, 0.2) is 0 Å². The molecule has 6 heteroatoms. The van der Waals surface area contributed by atoms with E-state index >= 15 is 0 Å². The van der Waals surface area contributed by atoms with E-state index in [9.17, 15) is 9.59 Å². The van der Waals surface area contributed by atoms with Crippen LogP contribution in [0, 0.1) is 5.92 Å². The Balaban J connectivity index is 2.64. The first-order chi connectivity index (χ1) is 10.9. The van der Waals surface area contributed by atoms with Crippen LogP contribution >= 0.6 is 0 Å². The fourth-order valence-corrected chi connectivity index (χ4v) is 2.16. The average molecular weight is 322 g/mol. The molecular weight excluding hydrogens is 296 g/mol. The quantitative estimate of drug-likeness (QED) is 0.794. The van der Waals surface area contributed by atoms with Gasteiger partial charge in [0.1, 0.15) is 11.5 Å². The van der Waals surface area contributed by atoms with Gasteiger partial charge in [-0.1, -0.05) is 13.8 Å². The minimum atomic E-state index is -0.227. The number of nitrogens with one attached hydrogen (secondary N) is 1. The first-order valence-electron chi connectivity index (χ1n) is 7.64. The predicted octanol–water partition coefficient (Wildman–Crippen LogP) is 1.94. The van der Waals surface area contributed by atoms with Crippen LogP contribution in [0.5, 0.6) is 11.5 Å². The summed E-state index contributed by atoms with van der Waals surface area (Å²) in [6.45, 7) is 7.20. The number of methoxy groups -OCH3 is 2. The molecule has 0 heterocycles. The fourth-order valence-electron chi connectivity index (χ4n) is 2.16. The highest BCUT2D eigenvalue weighted by molar-refractivity contribution is 5.95. The highest BCUT2D eigenvalue weighted by atomic mass is 16.5. The summed E-state index contributed by atoms with van der Waals surface area (Å²) in [6.07, 6.45) is 0. The molecule has 0 atom stereocenters. The molecule has 0 spiro atoms. The van der Waals surface area contributed by atoms with E-state index in [4.69, 9.17) is 9.47 Å². The number of ether oxygens (including phenoxy) is 2. The number of carbonyl (C=O) groups is 2. The zero-order chi connectivity index (χ0) is 17.4. The summed E-state index contributed by atoms with van der Waals surface area (Å²) in [5.74, 6) is 1.28. The van der Waals surface area contributed by atoms with Crippen molar-refractivity contribution in [2.24, 2.45) is 5.92 Å². The lowest BCUT2D eigenvalue weighted by Gasteiger charge is -2.23. The van der Waals surface area contributed by atoms with Crippen molar-refractivity contribution in [1.29, 1.82) is 0 Å². The van der Waals surface area contributed by atoms with Crippen LogP contribution in [-0.4, -0.2) is 50.6 Å². The Bertz CT molecular complexity index is 521. The van der Waals surface area contributed by atoms with E-state index in [2.05, 4.69) is 19.2 Å². The molecule has 0 aromatic heterocycles. The van der Waals surface area contributed by atoms with Crippen molar-refractivity contribution < 1.29 is 19.1 Å². The van der Waals surface area contributed by atoms with Crippen LogP contribution in [0.3, 0.4) is 0 Å². The van der Waals surface area contributed by atoms with Crippen LogP contribution in [0.15, 0.2) is 18.2 Å². The lowest BCUT2D eigenvalue weighted by molar-refractivity contribution is -0.129. The van der Waals surface area contributed by atoms with Crippen molar-refractivity contribution >= 4 is 11.8 Å². The molecular formula is C17H26N2O4. The SMILES string of the molecule is COc1cc(OC)cc(C(=O)NCCN(CC(C)C)C(C)=O)c1. The van der Waals surface area contributed by atoms with E-state index in [1.54, 1.807) is 23.1 Å². The van der Waals surface area contributed by atoms with E-state index in [1.165, 1.54) is 21.1 Å². The average Bonchev–Trinajstić information content (AvgIpc) is 2.52. The number of benzene rings is 1. The fraction of sp³-hybridized carbons (Fsp3) is 0.529. The smallest absolute Gasteiger partial charge is 0.251 e. The molecule has 0 saturated heterocycles. The number of amides is 2. The largest absolute Gasteiger partial charge is 0.497 e. The Labute approximate surface area is 137 Å². The molecule has 6 nitrogen and oxygen atoms in total. The first kappa shape index (κ1) is 18.8.